The molecule has 86 valence electrons. The van der Waals surface area contributed by atoms with E-state index in [1.807, 2.05) is 25.1 Å². The molecule has 0 fully saturated rings. The Morgan fingerprint density at radius 1 is 1.24 bits per heavy atom. The largest absolute Gasteiger partial charge is 0.252 e. The van der Waals surface area contributed by atoms with Gasteiger partial charge in [-0.3, -0.25) is 4.98 Å². The molecule has 1 nitrogen and oxygen atoms in total. The van der Waals surface area contributed by atoms with Crippen LogP contribution in [0.5, 0.6) is 0 Å². The zero-order valence-electron chi connectivity index (χ0n) is 10.5. The maximum Gasteiger partial charge on any atom is 0.0706 e. The van der Waals surface area contributed by atoms with E-state index in [1.54, 1.807) is 0 Å². The Labute approximate surface area is 103 Å². The summed E-state index contributed by atoms with van der Waals surface area (Å²) in [5.41, 5.74) is 3.12. The summed E-state index contributed by atoms with van der Waals surface area (Å²) >= 11 is 0. The summed E-state index contributed by atoms with van der Waals surface area (Å²) in [6.07, 6.45) is 3.35. The minimum atomic E-state index is 0.975. The van der Waals surface area contributed by atoms with Gasteiger partial charge in [0.2, 0.25) is 0 Å². The van der Waals surface area contributed by atoms with Gasteiger partial charge in [0, 0.05) is 17.4 Å². The molecule has 0 aliphatic rings. The molecule has 0 spiro atoms. The van der Waals surface area contributed by atoms with Crippen LogP contribution in [0.25, 0.3) is 10.9 Å². The van der Waals surface area contributed by atoms with Gasteiger partial charge in [0.15, 0.2) is 0 Å². The summed E-state index contributed by atoms with van der Waals surface area (Å²) < 4.78 is 0. The number of hydrogen-bond donors (Lipinski definition) is 0. The number of benzene rings is 1. The number of fused-ring (bicyclic) bond motifs is 1. The van der Waals surface area contributed by atoms with E-state index >= 15 is 0 Å². The molecule has 0 aliphatic carbocycles. The lowest BCUT2D eigenvalue weighted by Gasteiger charge is -2.01. The van der Waals surface area contributed by atoms with Crippen LogP contribution in [-0.2, 0) is 0 Å². The topological polar surface area (TPSA) is 12.9 Å². The third-order valence-corrected chi connectivity index (χ3v) is 2.79. The molecule has 0 saturated carbocycles. The monoisotopic (exact) mass is 223 g/mol. The molecule has 1 heterocycles. The van der Waals surface area contributed by atoms with Gasteiger partial charge in [0.1, 0.15) is 0 Å². The van der Waals surface area contributed by atoms with Crippen LogP contribution in [0.4, 0.5) is 0 Å². The molecule has 2 rings (SSSR count). The van der Waals surface area contributed by atoms with Crippen LogP contribution >= 0.6 is 0 Å². The summed E-state index contributed by atoms with van der Waals surface area (Å²) in [7, 11) is 0. The summed E-state index contributed by atoms with van der Waals surface area (Å²) in [6, 6.07) is 10.3. The van der Waals surface area contributed by atoms with Crippen molar-refractivity contribution in [1.82, 2.24) is 4.98 Å². The van der Waals surface area contributed by atoms with Gasteiger partial charge in [0.25, 0.3) is 0 Å². The molecular formula is C16H17N. The number of unbranched alkanes of at least 4 members (excludes halogenated alkanes) is 2. The number of hydrogen-bond acceptors (Lipinski definition) is 1. The Bertz CT molecular complexity index is 573. The van der Waals surface area contributed by atoms with Crippen LogP contribution in [0.1, 0.15) is 37.4 Å². The molecule has 0 aliphatic heterocycles. The first-order valence-electron chi connectivity index (χ1n) is 6.16. The first-order valence-corrected chi connectivity index (χ1v) is 6.16. The average molecular weight is 223 g/mol. The molecule has 0 saturated heterocycles. The molecule has 0 atom stereocenters. The van der Waals surface area contributed by atoms with Gasteiger partial charge in [0.05, 0.1) is 11.2 Å². The molecule has 0 amide bonds. The summed E-state index contributed by atoms with van der Waals surface area (Å²) in [6.45, 7) is 4.21. The summed E-state index contributed by atoms with van der Waals surface area (Å²) in [5.74, 6) is 6.45. The quantitative estimate of drug-likeness (QED) is 0.552. The van der Waals surface area contributed by atoms with Gasteiger partial charge >= 0.3 is 0 Å². The van der Waals surface area contributed by atoms with E-state index in [9.17, 15) is 0 Å². The number of nitrogens with zero attached hydrogens (tertiary/aromatic N) is 1. The van der Waals surface area contributed by atoms with Crippen LogP contribution in [0.15, 0.2) is 30.3 Å². The second-order valence-electron chi connectivity index (χ2n) is 4.22. The lowest BCUT2D eigenvalue weighted by Crippen LogP contribution is -1.89. The minimum Gasteiger partial charge on any atom is -0.252 e. The minimum absolute atomic E-state index is 0.975. The van der Waals surface area contributed by atoms with Crippen LogP contribution in [-0.4, -0.2) is 4.98 Å². The second-order valence-corrected chi connectivity index (χ2v) is 4.22. The molecule has 0 N–H and O–H groups in total. The Balaban J connectivity index is 2.33. The van der Waals surface area contributed by atoms with Crippen molar-refractivity contribution in [3.63, 3.8) is 0 Å². The van der Waals surface area contributed by atoms with E-state index in [-0.39, 0.29) is 0 Å². The van der Waals surface area contributed by atoms with Crippen LogP contribution in [0, 0.1) is 18.8 Å². The molecular weight excluding hydrogens is 206 g/mol. The zero-order chi connectivity index (χ0) is 12.1. The highest BCUT2D eigenvalue weighted by Gasteiger charge is 1.99. The predicted octanol–water partition coefficient (Wildman–Crippen LogP) is 4.08. The van der Waals surface area contributed by atoms with Crippen molar-refractivity contribution in [2.45, 2.75) is 33.1 Å². The van der Waals surface area contributed by atoms with E-state index in [2.05, 4.69) is 35.9 Å². The third-order valence-electron chi connectivity index (χ3n) is 2.79. The van der Waals surface area contributed by atoms with Gasteiger partial charge in [-0.25, -0.2) is 0 Å². The molecule has 1 heteroatoms. The van der Waals surface area contributed by atoms with E-state index in [1.165, 1.54) is 12.8 Å². The van der Waals surface area contributed by atoms with E-state index < -0.39 is 0 Å². The lowest BCUT2D eigenvalue weighted by molar-refractivity contribution is 0.828. The number of aromatic nitrogens is 1. The Morgan fingerprint density at radius 3 is 2.88 bits per heavy atom. The fourth-order valence-corrected chi connectivity index (χ4v) is 1.76. The van der Waals surface area contributed by atoms with Gasteiger partial charge in [-0.05, 0) is 25.5 Å². The van der Waals surface area contributed by atoms with Gasteiger partial charge in [-0.2, -0.15) is 0 Å². The first-order chi connectivity index (χ1) is 8.31. The predicted molar refractivity (Wildman–Crippen MR) is 72.9 cm³/mol. The van der Waals surface area contributed by atoms with E-state index in [0.717, 1.165) is 28.6 Å². The number of pyridine rings is 1. The Hall–Kier alpha value is -1.81. The zero-order valence-corrected chi connectivity index (χ0v) is 10.5. The van der Waals surface area contributed by atoms with Crippen LogP contribution in [0.3, 0.4) is 0 Å². The SMILES string of the molecule is CCCCC#Cc1cc2ccccc2nc1C. The van der Waals surface area contributed by atoms with Gasteiger partial charge < -0.3 is 0 Å². The standard InChI is InChI=1S/C16H17N/c1-3-4-5-6-9-14-12-15-10-7-8-11-16(15)17-13(14)2/h7-8,10-12H,3-5H2,1-2H3. The molecule has 0 radical (unpaired) electrons. The smallest absolute Gasteiger partial charge is 0.0706 e. The van der Waals surface area contributed by atoms with Crippen molar-refractivity contribution < 1.29 is 0 Å². The lowest BCUT2D eigenvalue weighted by atomic mass is 10.1. The summed E-state index contributed by atoms with van der Waals surface area (Å²) in [4.78, 5) is 4.57. The normalized spacial score (nSPS) is 10.0. The first kappa shape index (κ1) is 11.7. The molecule has 0 bridgehead atoms. The Kier molecular flexibility index (Phi) is 3.77. The maximum absolute atomic E-state index is 4.57. The van der Waals surface area contributed by atoms with E-state index in [4.69, 9.17) is 0 Å². The summed E-state index contributed by atoms with van der Waals surface area (Å²) in [5, 5.41) is 1.16. The van der Waals surface area contributed by atoms with Crippen molar-refractivity contribution in [2.24, 2.45) is 0 Å². The van der Waals surface area contributed by atoms with E-state index in [0.29, 0.717) is 0 Å². The fourth-order valence-electron chi connectivity index (χ4n) is 1.76. The Morgan fingerprint density at radius 2 is 2.06 bits per heavy atom. The number of rotatable bonds is 2. The molecule has 2 aromatic rings. The molecule has 0 unspecified atom stereocenters. The van der Waals surface area contributed by atoms with Gasteiger partial charge in [-0.1, -0.05) is 43.4 Å². The van der Waals surface area contributed by atoms with Gasteiger partial charge in [-0.15, -0.1) is 0 Å². The van der Waals surface area contributed by atoms with Crippen molar-refractivity contribution in [3.05, 3.63) is 41.6 Å². The van der Waals surface area contributed by atoms with Crippen LogP contribution in [0.2, 0.25) is 0 Å². The second kappa shape index (κ2) is 5.50. The van der Waals surface area contributed by atoms with Crippen molar-refractivity contribution in [1.29, 1.82) is 0 Å². The molecule has 17 heavy (non-hydrogen) atoms. The highest BCUT2D eigenvalue weighted by molar-refractivity contribution is 5.80. The van der Waals surface area contributed by atoms with Crippen LogP contribution < -0.4 is 0 Å². The number of aryl methyl sites for hydroxylation is 1. The van der Waals surface area contributed by atoms with Crippen molar-refractivity contribution in [3.8, 4) is 11.8 Å². The molecule has 1 aromatic carbocycles. The third kappa shape index (κ3) is 2.85. The maximum atomic E-state index is 4.57. The van der Waals surface area contributed by atoms with Crippen molar-refractivity contribution in [2.75, 3.05) is 0 Å². The number of para-hydroxylation sites is 1. The van der Waals surface area contributed by atoms with Crippen molar-refractivity contribution >= 4 is 10.9 Å². The average Bonchev–Trinajstić information content (AvgIpc) is 2.35. The highest BCUT2D eigenvalue weighted by Crippen LogP contribution is 2.15. The molecule has 1 aromatic heterocycles. The highest BCUT2D eigenvalue weighted by atomic mass is 14.7. The fraction of sp³-hybridized carbons (Fsp3) is 0.312.